The monoisotopic (exact) mass is 482 g/mol. The SMILES string of the molecule is Cc1ccc(N2C(=O)[C@H]3[C@H](ON(c4ccccc4)[C@H]3c3cc(Cl)cc(Cl)c3O)C2=O)c(C)c1. The van der Waals surface area contributed by atoms with E-state index in [1.165, 1.54) is 16.0 Å². The normalized spacial score (nSPS) is 22.2. The number of carbonyl (C=O) groups is 2. The van der Waals surface area contributed by atoms with E-state index < -0.39 is 29.9 Å². The van der Waals surface area contributed by atoms with Gasteiger partial charge in [0.05, 0.1) is 22.4 Å². The number of carbonyl (C=O) groups excluding carboxylic acids is 2. The molecule has 0 saturated carbocycles. The van der Waals surface area contributed by atoms with Crippen LogP contribution in [0.25, 0.3) is 0 Å². The molecule has 1 N–H and O–H groups in total. The van der Waals surface area contributed by atoms with E-state index in [4.69, 9.17) is 28.0 Å². The Morgan fingerprint density at radius 2 is 1.67 bits per heavy atom. The first-order valence-electron chi connectivity index (χ1n) is 10.4. The van der Waals surface area contributed by atoms with Gasteiger partial charge in [0.1, 0.15) is 11.7 Å². The number of nitrogens with zero attached hydrogens (tertiary/aromatic N) is 2. The minimum Gasteiger partial charge on any atom is -0.506 e. The maximum atomic E-state index is 13.7. The van der Waals surface area contributed by atoms with Crippen molar-refractivity contribution in [3.8, 4) is 5.75 Å². The summed E-state index contributed by atoms with van der Waals surface area (Å²) in [5.74, 6) is -1.97. The van der Waals surface area contributed by atoms with Crippen molar-refractivity contribution < 1.29 is 19.5 Å². The summed E-state index contributed by atoms with van der Waals surface area (Å²) in [7, 11) is 0. The Labute approximate surface area is 200 Å². The molecule has 2 heterocycles. The molecule has 0 spiro atoms. The molecular weight excluding hydrogens is 463 g/mol. The van der Waals surface area contributed by atoms with E-state index in [-0.39, 0.29) is 10.8 Å². The molecule has 2 fully saturated rings. The fourth-order valence-electron chi connectivity index (χ4n) is 4.63. The summed E-state index contributed by atoms with van der Waals surface area (Å²) in [6.07, 6.45) is -1.06. The van der Waals surface area contributed by atoms with Gasteiger partial charge in [0.25, 0.3) is 5.91 Å². The molecular formula is C25H20Cl2N2O4. The average molecular weight is 483 g/mol. The lowest BCUT2D eigenvalue weighted by Gasteiger charge is -2.29. The molecule has 3 aromatic carbocycles. The van der Waals surface area contributed by atoms with Crippen LogP contribution in [0.3, 0.4) is 0 Å². The predicted molar refractivity (Wildman–Crippen MR) is 127 cm³/mol. The maximum absolute atomic E-state index is 13.7. The van der Waals surface area contributed by atoms with Crippen molar-refractivity contribution in [3.63, 3.8) is 0 Å². The predicted octanol–water partition coefficient (Wildman–Crippen LogP) is 5.37. The van der Waals surface area contributed by atoms with Gasteiger partial charge in [0, 0.05) is 10.6 Å². The number of rotatable bonds is 3. The third-order valence-corrected chi connectivity index (χ3v) is 6.60. The summed E-state index contributed by atoms with van der Waals surface area (Å²) in [6, 6.07) is 16.8. The van der Waals surface area contributed by atoms with Gasteiger partial charge < -0.3 is 5.11 Å². The van der Waals surface area contributed by atoms with Crippen molar-refractivity contribution in [2.75, 3.05) is 9.96 Å². The minimum absolute atomic E-state index is 0.0527. The molecule has 2 aliphatic heterocycles. The summed E-state index contributed by atoms with van der Waals surface area (Å²) >= 11 is 12.4. The van der Waals surface area contributed by atoms with Crippen molar-refractivity contribution in [2.24, 2.45) is 5.92 Å². The van der Waals surface area contributed by atoms with Gasteiger partial charge in [-0.3, -0.25) is 14.4 Å². The smallest absolute Gasteiger partial charge is 0.266 e. The fraction of sp³-hybridized carbons (Fsp3) is 0.200. The van der Waals surface area contributed by atoms with E-state index in [1.54, 1.807) is 24.3 Å². The van der Waals surface area contributed by atoms with Crippen LogP contribution in [0.5, 0.6) is 5.75 Å². The maximum Gasteiger partial charge on any atom is 0.266 e. The molecule has 0 aliphatic carbocycles. The van der Waals surface area contributed by atoms with Gasteiger partial charge in [-0.05, 0) is 49.7 Å². The van der Waals surface area contributed by atoms with E-state index in [0.29, 0.717) is 22.0 Å². The third kappa shape index (κ3) is 3.46. The van der Waals surface area contributed by atoms with Crippen molar-refractivity contribution >= 4 is 46.4 Å². The lowest BCUT2D eigenvalue weighted by molar-refractivity contribution is -0.126. The summed E-state index contributed by atoms with van der Waals surface area (Å²) in [4.78, 5) is 34.5. The van der Waals surface area contributed by atoms with Gasteiger partial charge in [0.2, 0.25) is 5.91 Å². The van der Waals surface area contributed by atoms with Gasteiger partial charge in [-0.15, -0.1) is 0 Å². The number of anilines is 2. The van der Waals surface area contributed by atoms with Gasteiger partial charge in [-0.1, -0.05) is 59.1 Å². The molecule has 168 valence electrons. The van der Waals surface area contributed by atoms with Crippen molar-refractivity contribution in [1.29, 1.82) is 0 Å². The zero-order valence-electron chi connectivity index (χ0n) is 17.8. The Kier molecular flexibility index (Phi) is 5.32. The van der Waals surface area contributed by atoms with Crippen LogP contribution in [0.2, 0.25) is 10.0 Å². The second-order valence-electron chi connectivity index (χ2n) is 8.29. The Hall–Kier alpha value is -3.06. The molecule has 3 aromatic rings. The van der Waals surface area contributed by atoms with Crippen LogP contribution in [-0.4, -0.2) is 23.0 Å². The minimum atomic E-state index is -1.06. The molecule has 0 unspecified atom stereocenters. The van der Waals surface area contributed by atoms with Crippen LogP contribution in [0.4, 0.5) is 11.4 Å². The molecule has 6 nitrogen and oxygen atoms in total. The lowest BCUT2D eigenvalue weighted by Crippen LogP contribution is -2.37. The highest BCUT2D eigenvalue weighted by Gasteiger charge is 2.61. The Balaban J connectivity index is 1.65. The highest BCUT2D eigenvalue weighted by Crippen LogP contribution is 2.51. The van der Waals surface area contributed by atoms with Gasteiger partial charge in [-0.25, -0.2) is 9.96 Å². The fourth-order valence-corrected chi connectivity index (χ4v) is 5.14. The number of phenolic OH excluding ortho intramolecular Hbond substituents is 1. The second kappa shape index (κ2) is 8.06. The van der Waals surface area contributed by atoms with Crippen LogP contribution in [-0.2, 0) is 14.4 Å². The van der Waals surface area contributed by atoms with Crippen LogP contribution < -0.4 is 9.96 Å². The van der Waals surface area contributed by atoms with Crippen LogP contribution in [0, 0.1) is 19.8 Å². The van der Waals surface area contributed by atoms with E-state index in [0.717, 1.165) is 11.1 Å². The third-order valence-electron chi connectivity index (χ3n) is 6.10. The largest absolute Gasteiger partial charge is 0.506 e. The summed E-state index contributed by atoms with van der Waals surface area (Å²) < 4.78 is 0. The Bertz CT molecular complexity index is 1280. The molecule has 0 aromatic heterocycles. The van der Waals surface area contributed by atoms with Gasteiger partial charge in [-0.2, -0.15) is 0 Å². The number of halogens is 2. The molecule has 2 saturated heterocycles. The van der Waals surface area contributed by atoms with E-state index in [1.807, 2.05) is 44.2 Å². The number of aromatic hydroxyl groups is 1. The number of fused-ring (bicyclic) bond motifs is 1. The first kappa shape index (κ1) is 21.8. The number of hydrogen-bond acceptors (Lipinski definition) is 5. The molecule has 8 heteroatoms. The number of phenols is 1. The molecule has 5 rings (SSSR count). The first-order chi connectivity index (χ1) is 15.8. The first-order valence-corrected chi connectivity index (χ1v) is 11.2. The number of benzene rings is 3. The number of para-hydroxylation sites is 1. The quantitative estimate of drug-likeness (QED) is 0.508. The van der Waals surface area contributed by atoms with E-state index in [2.05, 4.69) is 0 Å². The zero-order chi connectivity index (χ0) is 23.4. The molecule has 33 heavy (non-hydrogen) atoms. The van der Waals surface area contributed by atoms with E-state index >= 15 is 0 Å². The highest BCUT2D eigenvalue weighted by atomic mass is 35.5. The molecule has 0 bridgehead atoms. The molecule has 3 atom stereocenters. The van der Waals surface area contributed by atoms with Crippen molar-refractivity contribution in [2.45, 2.75) is 26.0 Å². The average Bonchev–Trinajstić information content (AvgIpc) is 3.28. The number of hydrogen-bond donors (Lipinski definition) is 1. The summed E-state index contributed by atoms with van der Waals surface area (Å²) in [5.41, 5.74) is 3.30. The highest BCUT2D eigenvalue weighted by molar-refractivity contribution is 6.35. The van der Waals surface area contributed by atoms with E-state index in [9.17, 15) is 14.7 Å². The standard InChI is InChI=1S/C25H20Cl2N2O4/c1-13-8-9-19(14(2)10-13)28-24(31)20-21(17-11-15(26)12-18(27)22(17)30)29(33-23(20)25(28)32)16-6-4-3-5-7-16/h3-12,20-21,23,30H,1-2H3/t20-,21+,23+/m1/s1. The van der Waals surface area contributed by atoms with Crippen LogP contribution in [0.15, 0.2) is 60.7 Å². The number of imide groups is 1. The van der Waals surface area contributed by atoms with Crippen LogP contribution in [0.1, 0.15) is 22.7 Å². The molecule has 2 amide bonds. The number of hydroxylamine groups is 1. The van der Waals surface area contributed by atoms with Crippen molar-refractivity contribution in [1.82, 2.24) is 0 Å². The number of amides is 2. The van der Waals surface area contributed by atoms with Crippen LogP contribution >= 0.6 is 23.2 Å². The molecule has 2 aliphatic rings. The van der Waals surface area contributed by atoms with Crippen molar-refractivity contribution in [3.05, 3.63) is 87.4 Å². The lowest BCUT2D eigenvalue weighted by atomic mass is 9.90. The second-order valence-corrected chi connectivity index (χ2v) is 9.13. The Morgan fingerprint density at radius 1 is 0.939 bits per heavy atom. The Morgan fingerprint density at radius 3 is 2.36 bits per heavy atom. The van der Waals surface area contributed by atoms with Gasteiger partial charge >= 0.3 is 0 Å². The topological polar surface area (TPSA) is 70.1 Å². The summed E-state index contributed by atoms with van der Waals surface area (Å²) in [5, 5.41) is 12.6. The molecule has 0 radical (unpaired) electrons. The zero-order valence-corrected chi connectivity index (χ0v) is 19.3. The number of aryl methyl sites for hydroxylation is 2. The van der Waals surface area contributed by atoms with Gasteiger partial charge in [0.15, 0.2) is 6.10 Å². The summed E-state index contributed by atoms with van der Waals surface area (Å²) in [6.45, 7) is 3.80.